The van der Waals surface area contributed by atoms with E-state index < -0.39 is 10.4 Å². The molecule has 0 rings (SSSR count). The van der Waals surface area contributed by atoms with Crippen LogP contribution in [0.4, 0.5) is 0 Å². The molecule has 0 aliphatic heterocycles. The molecular formula is C4H14O5PtSSe2. The summed E-state index contributed by atoms with van der Waals surface area (Å²) in [4.78, 5) is 0. The average Bonchev–Trinajstić information content (AvgIpc) is 1.62. The molecule has 0 saturated carbocycles. The molecule has 0 fully saturated rings. The van der Waals surface area contributed by atoms with Gasteiger partial charge in [0.05, 0.1) is 0 Å². The van der Waals surface area contributed by atoms with Gasteiger partial charge in [-0.2, -0.15) is 0 Å². The maximum absolute atomic E-state index is 8.52. The van der Waals surface area contributed by atoms with Crippen molar-refractivity contribution >= 4 is 40.3 Å². The van der Waals surface area contributed by atoms with Crippen molar-refractivity contribution in [2.75, 3.05) is 0 Å². The molecule has 0 aliphatic carbocycles. The van der Waals surface area contributed by atoms with Crippen LogP contribution in [0, 0.1) is 0 Å². The van der Waals surface area contributed by atoms with E-state index in [-0.39, 0.29) is 26.5 Å². The molecule has 0 aromatic heterocycles. The summed E-state index contributed by atoms with van der Waals surface area (Å²) in [6, 6.07) is 0. The van der Waals surface area contributed by atoms with Gasteiger partial charge < -0.3 is 14.6 Å². The SMILES string of the molecule is C[Se]C.C[Se]C.O.O=S(=O)([O-])[O-].[Pt+2]. The second-order valence-electron chi connectivity index (χ2n) is 1.22. The maximum Gasteiger partial charge on any atom is 2.00 e. The Morgan fingerprint density at radius 1 is 0.923 bits per heavy atom. The second kappa shape index (κ2) is 23.4. The van der Waals surface area contributed by atoms with Crippen LogP contribution in [0.2, 0.25) is 23.3 Å². The van der Waals surface area contributed by atoms with Gasteiger partial charge in [-0.1, -0.05) is 0 Å². The second-order valence-corrected chi connectivity index (χ2v) is 5.47. The smallest absolute Gasteiger partial charge is 0.759 e. The molecule has 2 N–H and O–H groups in total. The summed E-state index contributed by atoms with van der Waals surface area (Å²) >= 11 is 1.75. The predicted octanol–water partition coefficient (Wildman–Crippen LogP) is -0.592. The molecule has 9 heteroatoms. The third kappa shape index (κ3) is 747. The van der Waals surface area contributed by atoms with Crippen LogP contribution >= 0.6 is 0 Å². The first-order valence-corrected chi connectivity index (χ1v) is 10.5. The summed E-state index contributed by atoms with van der Waals surface area (Å²) in [5.41, 5.74) is 0. The zero-order valence-corrected chi connectivity index (χ0v) is 14.2. The summed E-state index contributed by atoms with van der Waals surface area (Å²) in [5.74, 6) is 8.75. The van der Waals surface area contributed by atoms with Crippen molar-refractivity contribution < 1.29 is 44.1 Å². The van der Waals surface area contributed by atoms with Crippen LogP contribution in [0.3, 0.4) is 0 Å². The van der Waals surface area contributed by atoms with Gasteiger partial charge in [0.25, 0.3) is 0 Å². The van der Waals surface area contributed by atoms with Gasteiger partial charge in [0.2, 0.25) is 0 Å². The average molecular weight is 527 g/mol. The molecule has 0 radical (unpaired) electrons. The molecule has 13 heavy (non-hydrogen) atoms. The minimum Gasteiger partial charge on any atom is -0.759 e. The fourth-order valence-corrected chi connectivity index (χ4v) is 0. The summed E-state index contributed by atoms with van der Waals surface area (Å²) < 4.78 is 34.1. The van der Waals surface area contributed by atoms with Gasteiger partial charge in [-0.15, -0.1) is 0 Å². The van der Waals surface area contributed by atoms with Gasteiger partial charge >= 0.3 is 74.3 Å². The van der Waals surface area contributed by atoms with E-state index in [1.165, 1.54) is 0 Å². The topological polar surface area (TPSA) is 112 Å². The maximum atomic E-state index is 8.52. The van der Waals surface area contributed by atoms with E-state index in [0.717, 1.165) is 29.9 Å². The standard InChI is InChI=1S/2C2H6Se.H2O4S.H2O.Pt/c2*1-3-2;1-5(2,3)4;;/h2*1-2H3;(H2,1,2,3,4);1H2;/q;;;;+2/p-2. The Morgan fingerprint density at radius 2 is 0.923 bits per heavy atom. The Kier molecular flexibility index (Phi) is 52.7. The first-order valence-electron chi connectivity index (χ1n) is 2.30. The number of hydrogen-bond acceptors (Lipinski definition) is 4. The van der Waals surface area contributed by atoms with Gasteiger partial charge in [0.15, 0.2) is 0 Å². The van der Waals surface area contributed by atoms with Crippen molar-refractivity contribution in [1.29, 1.82) is 0 Å². The normalized spacial score (nSPS) is 7.23. The molecule has 0 aliphatic rings. The van der Waals surface area contributed by atoms with Gasteiger partial charge in [-0.25, -0.2) is 0 Å². The summed E-state index contributed by atoms with van der Waals surface area (Å²) in [7, 11) is -5.17. The van der Waals surface area contributed by atoms with Crippen molar-refractivity contribution in [1.82, 2.24) is 0 Å². The molecule has 0 aromatic carbocycles. The minimum absolute atomic E-state index is 0. The third-order valence-corrected chi connectivity index (χ3v) is 0. The Hall–Kier alpha value is 1.56. The van der Waals surface area contributed by atoms with E-state index in [0.29, 0.717) is 0 Å². The van der Waals surface area contributed by atoms with Crippen molar-refractivity contribution in [2.45, 2.75) is 23.3 Å². The summed E-state index contributed by atoms with van der Waals surface area (Å²) in [6.45, 7) is 0. The Balaban J connectivity index is -0.0000000240. The minimum atomic E-state index is -5.17. The first kappa shape index (κ1) is 29.3. The van der Waals surface area contributed by atoms with E-state index in [9.17, 15) is 0 Å². The zero-order valence-electron chi connectivity index (χ0n) is 7.67. The van der Waals surface area contributed by atoms with Crippen LogP contribution in [-0.4, -0.2) is 52.9 Å². The van der Waals surface area contributed by atoms with Gasteiger partial charge in [-0.05, 0) is 0 Å². The Labute approximate surface area is 107 Å². The van der Waals surface area contributed by atoms with Crippen LogP contribution in [0.15, 0.2) is 0 Å². The number of hydrogen-bond donors (Lipinski definition) is 0. The summed E-state index contributed by atoms with van der Waals surface area (Å²) in [6.07, 6.45) is 0. The van der Waals surface area contributed by atoms with E-state index in [4.69, 9.17) is 17.5 Å². The first-order chi connectivity index (χ1) is 4.83. The molecular weight excluding hydrogens is 513 g/mol. The third-order valence-electron chi connectivity index (χ3n) is 0. The quantitative estimate of drug-likeness (QED) is 0.238. The molecule has 5 nitrogen and oxygen atoms in total. The van der Waals surface area contributed by atoms with Gasteiger partial charge in [0.1, 0.15) is 0 Å². The number of rotatable bonds is 0. The van der Waals surface area contributed by atoms with Crippen LogP contribution < -0.4 is 0 Å². The molecule has 0 heterocycles. The van der Waals surface area contributed by atoms with Crippen LogP contribution in [0.25, 0.3) is 0 Å². The molecule has 0 bridgehead atoms. The van der Waals surface area contributed by atoms with Crippen LogP contribution in [-0.2, 0) is 31.5 Å². The van der Waals surface area contributed by atoms with Crippen molar-refractivity contribution in [2.24, 2.45) is 0 Å². The molecule has 0 aromatic rings. The molecule has 0 unspecified atom stereocenters. The summed E-state index contributed by atoms with van der Waals surface area (Å²) in [5, 5.41) is 0. The van der Waals surface area contributed by atoms with Crippen molar-refractivity contribution in [3.8, 4) is 0 Å². The van der Waals surface area contributed by atoms with Crippen LogP contribution in [0.1, 0.15) is 0 Å². The van der Waals surface area contributed by atoms with Crippen LogP contribution in [0.5, 0.6) is 0 Å². The van der Waals surface area contributed by atoms with E-state index in [1.54, 1.807) is 0 Å². The van der Waals surface area contributed by atoms with E-state index in [1.807, 2.05) is 0 Å². The van der Waals surface area contributed by atoms with Crippen molar-refractivity contribution in [3.05, 3.63) is 0 Å². The molecule has 88 valence electrons. The zero-order chi connectivity index (χ0) is 9.91. The molecule has 0 amide bonds. The fraction of sp³-hybridized carbons (Fsp3) is 1.00. The van der Waals surface area contributed by atoms with Gasteiger partial charge in [0, 0.05) is 10.4 Å². The van der Waals surface area contributed by atoms with Gasteiger partial charge in [-0.3, -0.25) is 8.42 Å². The fourth-order valence-electron chi connectivity index (χ4n) is 0. The Morgan fingerprint density at radius 3 is 0.923 bits per heavy atom. The van der Waals surface area contributed by atoms with E-state index in [2.05, 4.69) is 23.3 Å². The van der Waals surface area contributed by atoms with E-state index >= 15 is 0 Å². The molecule has 0 atom stereocenters. The molecule has 0 spiro atoms. The van der Waals surface area contributed by atoms with Crippen molar-refractivity contribution in [3.63, 3.8) is 0 Å². The largest absolute Gasteiger partial charge is 2.00 e. The molecule has 0 saturated heterocycles. The Bertz CT molecular complexity index is 129. The predicted molar refractivity (Wildman–Crippen MR) is 49.1 cm³/mol. The monoisotopic (exact) mass is 529 g/mol.